The summed E-state index contributed by atoms with van der Waals surface area (Å²) in [5, 5.41) is 20.0. The van der Waals surface area contributed by atoms with Gasteiger partial charge in [-0.1, -0.05) is 32.0 Å². The molecule has 0 atom stereocenters. The first kappa shape index (κ1) is 18.4. The number of hydrogen-bond acceptors (Lipinski definition) is 5. The van der Waals surface area contributed by atoms with Crippen molar-refractivity contribution in [2.45, 2.75) is 33.6 Å². The number of nitrogens with zero attached hydrogens (tertiary/aromatic N) is 4. The molecule has 0 unspecified atom stereocenters. The van der Waals surface area contributed by atoms with Gasteiger partial charge in [-0.15, -0.1) is 11.3 Å². The van der Waals surface area contributed by atoms with Gasteiger partial charge in [0.2, 0.25) is 5.91 Å². The second-order valence-corrected chi connectivity index (χ2v) is 6.16. The molecule has 0 spiro atoms. The molecule has 0 bridgehead atoms. The summed E-state index contributed by atoms with van der Waals surface area (Å²) >= 11 is 1.31. The van der Waals surface area contributed by atoms with Crippen molar-refractivity contribution in [1.82, 2.24) is 4.98 Å². The van der Waals surface area contributed by atoms with Crippen molar-refractivity contribution in [1.29, 1.82) is 10.5 Å². The summed E-state index contributed by atoms with van der Waals surface area (Å²) in [5.74, 6) is -0.124. The van der Waals surface area contributed by atoms with E-state index in [1.165, 1.54) is 24.3 Å². The monoisotopic (exact) mass is 350 g/mol. The standard InChI is InChI=1S/C19H18N4OS/c1-4-15-7-6-8-16(5-2)18(15)23(13(3)24)19-22-17(12-25-19)9-14(10-20)11-21/h6-9,12H,4-5H2,1-3H3. The number of nitriles is 2. The van der Waals surface area contributed by atoms with E-state index in [9.17, 15) is 4.79 Å². The third-order valence-corrected chi connectivity index (χ3v) is 4.58. The van der Waals surface area contributed by atoms with Crippen LogP contribution in [0.25, 0.3) is 6.08 Å². The minimum Gasteiger partial charge on any atom is -0.274 e. The highest BCUT2D eigenvalue weighted by atomic mass is 32.1. The first-order valence-electron chi connectivity index (χ1n) is 7.94. The first-order chi connectivity index (χ1) is 12.0. The summed E-state index contributed by atoms with van der Waals surface area (Å²) in [6.07, 6.45) is 3.03. The average molecular weight is 350 g/mol. The van der Waals surface area contributed by atoms with Gasteiger partial charge in [0.25, 0.3) is 0 Å². The fourth-order valence-corrected chi connectivity index (χ4v) is 3.40. The molecule has 6 heteroatoms. The number of aromatic nitrogens is 1. The first-order valence-corrected chi connectivity index (χ1v) is 8.82. The van der Waals surface area contributed by atoms with Gasteiger partial charge < -0.3 is 0 Å². The lowest BCUT2D eigenvalue weighted by Crippen LogP contribution is -2.25. The van der Waals surface area contributed by atoms with Crippen molar-refractivity contribution in [3.05, 3.63) is 46.0 Å². The van der Waals surface area contributed by atoms with Crippen molar-refractivity contribution in [2.24, 2.45) is 0 Å². The van der Waals surface area contributed by atoms with Crippen LogP contribution in [0.5, 0.6) is 0 Å². The molecular formula is C19H18N4OS. The molecule has 0 saturated heterocycles. The Morgan fingerprint density at radius 2 is 1.84 bits per heavy atom. The summed E-state index contributed by atoms with van der Waals surface area (Å²) in [4.78, 5) is 18.5. The number of benzene rings is 1. The van der Waals surface area contributed by atoms with Crippen molar-refractivity contribution >= 4 is 34.1 Å². The van der Waals surface area contributed by atoms with Gasteiger partial charge in [0.05, 0.1) is 11.4 Å². The molecule has 0 aliphatic rings. The highest BCUT2D eigenvalue weighted by molar-refractivity contribution is 7.14. The molecule has 1 aromatic carbocycles. The third-order valence-electron chi connectivity index (χ3n) is 3.74. The molecule has 0 aliphatic carbocycles. The largest absolute Gasteiger partial charge is 0.274 e. The van der Waals surface area contributed by atoms with Crippen LogP contribution in [-0.2, 0) is 17.6 Å². The SMILES string of the molecule is CCc1cccc(CC)c1N(C(C)=O)c1nc(C=C(C#N)C#N)cs1. The Kier molecular flexibility index (Phi) is 6.05. The molecule has 1 aromatic heterocycles. The Bertz CT molecular complexity index is 861. The number of rotatable bonds is 5. The van der Waals surface area contributed by atoms with Crippen molar-refractivity contribution in [3.8, 4) is 12.1 Å². The van der Waals surface area contributed by atoms with Gasteiger partial charge in [-0.3, -0.25) is 9.69 Å². The molecule has 0 N–H and O–H groups in total. The number of carbonyl (C=O) groups excluding carboxylic acids is 1. The van der Waals surface area contributed by atoms with E-state index in [4.69, 9.17) is 10.5 Å². The molecule has 0 fully saturated rings. The quantitative estimate of drug-likeness (QED) is 0.749. The summed E-state index contributed by atoms with van der Waals surface area (Å²) < 4.78 is 0. The molecule has 1 amide bonds. The minimum atomic E-state index is -0.124. The number of aryl methyl sites for hydroxylation is 2. The van der Waals surface area contributed by atoms with E-state index in [0.717, 1.165) is 29.7 Å². The lowest BCUT2D eigenvalue weighted by atomic mass is 10.0. The van der Waals surface area contributed by atoms with E-state index in [1.54, 1.807) is 10.3 Å². The zero-order valence-electron chi connectivity index (χ0n) is 14.4. The number of carbonyl (C=O) groups is 1. The van der Waals surface area contributed by atoms with Crippen LogP contribution in [0.4, 0.5) is 10.8 Å². The van der Waals surface area contributed by atoms with Gasteiger partial charge in [-0.25, -0.2) is 4.98 Å². The molecule has 5 nitrogen and oxygen atoms in total. The number of para-hydroxylation sites is 1. The van der Waals surface area contributed by atoms with Crippen LogP contribution in [0.3, 0.4) is 0 Å². The van der Waals surface area contributed by atoms with Gasteiger partial charge >= 0.3 is 0 Å². The predicted octanol–water partition coefficient (Wildman–Crippen LogP) is 4.38. The number of amides is 1. The fraction of sp³-hybridized carbons (Fsp3) is 0.263. The maximum atomic E-state index is 12.4. The lowest BCUT2D eigenvalue weighted by molar-refractivity contribution is -0.115. The molecule has 2 rings (SSSR count). The minimum absolute atomic E-state index is 0.0190. The third kappa shape index (κ3) is 3.93. The van der Waals surface area contributed by atoms with E-state index in [0.29, 0.717) is 10.8 Å². The zero-order valence-corrected chi connectivity index (χ0v) is 15.2. The second-order valence-electron chi connectivity index (χ2n) is 5.32. The molecule has 25 heavy (non-hydrogen) atoms. The van der Waals surface area contributed by atoms with Gasteiger partial charge in [0.1, 0.15) is 17.7 Å². The molecule has 0 radical (unpaired) electrons. The summed E-state index contributed by atoms with van der Waals surface area (Å²) in [6.45, 7) is 5.62. The van der Waals surface area contributed by atoms with E-state index < -0.39 is 0 Å². The molecule has 0 saturated carbocycles. The van der Waals surface area contributed by atoms with Crippen LogP contribution in [0.1, 0.15) is 37.6 Å². The number of thiazole rings is 1. The fourth-order valence-electron chi connectivity index (χ4n) is 2.57. The Morgan fingerprint density at radius 3 is 2.32 bits per heavy atom. The van der Waals surface area contributed by atoms with Crippen LogP contribution < -0.4 is 4.90 Å². The summed E-state index contributed by atoms with van der Waals surface area (Å²) in [5.41, 5.74) is 3.52. The maximum absolute atomic E-state index is 12.4. The van der Waals surface area contributed by atoms with Crippen molar-refractivity contribution in [3.63, 3.8) is 0 Å². The van der Waals surface area contributed by atoms with Gasteiger partial charge in [-0.2, -0.15) is 10.5 Å². The van der Waals surface area contributed by atoms with Crippen LogP contribution in [0.15, 0.2) is 29.2 Å². The number of allylic oxidation sites excluding steroid dienone is 1. The van der Waals surface area contributed by atoms with E-state index in [1.807, 2.05) is 30.3 Å². The smallest absolute Gasteiger partial charge is 0.230 e. The molecule has 2 aromatic rings. The van der Waals surface area contributed by atoms with Crippen LogP contribution >= 0.6 is 11.3 Å². The van der Waals surface area contributed by atoms with Gasteiger partial charge in [0.15, 0.2) is 5.13 Å². The molecular weight excluding hydrogens is 332 g/mol. The van der Waals surface area contributed by atoms with Crippen molar-refractivity contribution in [2.75, 3.05) is 4.90 Å². The van der Waals surface area contributed by atoms with Crippen LogP contribution in [-0.4, -0.2) is 10.9 Å². The molecule has 0 aliphatic heterocycles. The summed E-state index contributed by atoms with van der Waals surface area (Å²) in [6, 6.07) is 9.66. The van der Waals surface area contributed by atoms with Crippen LogP contribution in [0, 0.1) is 22.7 Å². The Hall–Kier alpha value is -2.96. The number of hydrogen-bond donors (Lipinski definition) is 0. The number of anilines is 2. The topological polar surface area (TPSA) is 80.8 Å². The molecule has 1 heterocycles. The predicted molar refractivity (Wildman–Crippen MR) is 99.3 cm³/mol. The zero-order chi connectivity index (χ0) is 18.4. The Labute approximate surface area is 151 Å². The van der Waals surface area contributed by atoms with Gasteiger partial charge in [-0.05, 0) is 30.0 Å². The highest BCUT2D eigenvalue weighted by Gasteiger charge is 2.22. The Morgan fingerprint density at radius 1 is 1.24 bits per heavy atom. The van der Waals surface area contributed by atoms with Crippen LogP contribution in [0.2, 0.25) is 0 Å². The average Bonchev–Trinajstić information content (AvgIpc) is 3.07. The van der Waals surface area contributed by atoms with Gasteiger partial charge in [0, 0.05) is 12.3 Å². The van der Waals surface area contributed by atoms with E-state index in [2.05, 4.69) is 18.8 Å². The van der Waals surface area contributed by atoms with Crippen molar-refractivity contribution < 1.29 is 4.79 Å². The molecule has 126 valence electrons. The second kappa shape index (κ2) is 8.23. The maximum Gasteiger partial charge on any atom is 0.230 e. The summed E-state index contributed by atoms with van der Waals surface area (Å²) in [7, 11) is 0. The highest BCUT2D eigenvalue weighted by Crippen LogP contribution is 2.35. The Balaban J connectivity index is 2.58. The lowest BCUT2D eigenvalue weighted by Gasteiger charge is -2.24. The van der Waals surface area contributed by atoms with E-state index in [-0.39, 0.29) is 11.5 Å². The normalized spacial score (nSPS) is 9.80. The van der Waals surface area contributed by atoms with E-state index >= 15 is 0 Å².